The van der Waals surface area contributed by atoms with Crippen LogP contribution in [0.5, 0.6) is 5.75 Å². The van der Waals surface area contributed by atoms with Gasteiger partial charge in [0.15, 0.2) is 0 Å². The van der Waals surface area contributed by atoms with Crippen LogP contribution >= 0.6 is 0 Å². The molecule has 1 aromatic carbocycles. The average Bonchev–Trinajstić information content (AvgIpc) is 2.36. The Morgan fingerprint density at radius 1 is 1.47 bits per heavy atom. The lowest BCUT2D eigenvalue weighted by molar-refractivity contribution is -0.0727. The summed E-state index contributed by atoms with van der Waals surface area (Å²) in [7, 11) is 3.72. The molecular formula is C14H21NO2. The lowest BCUT2D eigenvalue weighted by Crippen LogP contribution is -2.49. The van der Waals surface area contributed by atoms with Crippen LogP contribution in [0.2, 0.25) is 0 Å². The summed E-state index contributed by atoms with van der Waals surface area (Å²) in [5.41, 5.74) is 0.951. The molecule has 3 unspecified atom stereocenters. The average molecular weight is 235 g/mol. The molecule has 0 fully saturated rings. The maximum atomic E-state index is 6.14. The topological polar surface area (TPSA) is 30.5 Å². The number of hydrogen-bond acceptors (Lipinski definition) is 3. The van der Waals surface area contributed by atoms with Crippen LogP contribution in [0.1, 0.15) is 31.9 Å². The summed E-state index contributed by atoms with van der Waals surface area (Å²) < 4.78 is 11.6. The number of para-hydroxylation sites is 1. The maximum absolute atomic E-state index is 6.14. The van der Waals surface area contributed by atoms with Crippen molar-refractivity contribution in [3.63, 3.8) is 0 Å². The second-order valence-corrected chi connectivity index (χ2v) is 4.88. The molecule has 0 saturated heterocycles. The summed E-state index contributed by atoms with van der Waals surface area (Å²) in [6.45, 7) is 4.17. The molecule has 0 bridgehead atoms. The molecule has 1 N–H and O–H groups in total. The monoisotopic (exact) mass is 235 g/mol. The molecule has 17 heavy (non-hydrogen) atoms. The van der Waals surface area contributed by atoms with Gasteiger partial charge in [0.25, 0.3) is 0 Å². The third-order valence-corrected chi connectivity index (χ3v) is 3.81. The fourth-order valence-electron chi connectivity index (χ4n) is 2.43. The first-order chi connectivity index (χ1) is 8.10. The minimum Gasteiger partial charge on any atom is -0.484 e. The third kappa shape index (κ3) is 2.17. The maximum Gasteiger partial charge on any atom is 0.134 e. The largest absolute Gasteiger partial charge is 0.484 e. The van der Waals surface area contributed by atoms with Crippen LogP contribution in [0, 0.1) is 0 Å². The number of fused-ring (bicyclic) bond motifs is 1. The predicted octanol–water partition coefficient (Wildman–Crippen LogP) is 2.52. The number of benzene rings is 1. The van der Waals surface area contributed by atoms with E-state index in [-0.39, 0.29) is 11.7 Å². The summed E-state index contributed by atoms with van der Waals surface area (Å²) in [4.78, 5) is 0. The molecule has 0 aliphatic carbocycles. The van der Waals surface area contributed by atoms with E-state index in [1.165, 1.54) is 5.56 Å². The number of ether oxygens (including phenoxy) is 2. The van der Waals surface area contributed by atoms with Gasteiger partial charge in [-0.3, -0.25) is 0 Å². The van der Waals surface area contributed by atoms with Crippen molar-refractivity contribution in [2.75, 3.05) is 14.2 Å². The molecule has 0 spiro atoms. The second kappa shape index (κ2) is 4.67. The number of hydrogen-bond donors (Lipinski definition) is 1. The first-order valence-corrected chi connectivity index (χ1v) is 6.08. The van der Waals surface area contributed by atoms with E-state index >= 15 is 0 Å². The Hall–Kier alpha value is -1.06. The van der Waals surface area contributed by atoms with Crippen LogP contribution in [0.3, 0.4) is 0 Å². The van der Waals surface area contributed by atoms with E-state index in [4.69, 9.17) is 9.47 Å². The fourth-order valence-corrected chi connectivity index (χ4v) is 2.43. The molecular weight excluding hydrogens is 214 g/mol. The van der Waals surface area contributed by atoms with Crippen molar-refractivity contribution in [1.29, 1.82) is 0 Å². The standard InChI is InChI=1S/C14H21NO2/c1-10(16-4)14(2)9-12(15-3)11-7-5-6-8-13(11)17-14/h5-8,10,12,15H,9H2,1-4H3. The van der Waals surface area contributed by atoms with Crippen LogP contribution in [-0.4, -0.2) is 25.9 Å². The van der Waals surface area contributed by atoms with Crippen LogP contribution in [0.25, 0.3) is 0 Å². The Balaban J connectivity index is 2.36. The van der Waals surface area contributed by atoms with Crippen LogP contribution in [0.4, 0.5) is 0 Å². The van der Waals surface area contributed by atoms with Gasteiger partial charge in [-0.15, -0.1) is 0 Å². The van der Waals surface area contributed by atoms with E-state index in [2.05, 4.69) is 31.3 Å². The third-order valence-electron chi connectivity index (χ3n) is 3.81. The molecule has 1 heterocycles. The predicted molar refractivity (Wildman–Crippen MR) is 68.4 cm³/mol. The van der Waals surface area contributed by atoms with Gasteiger partial charge < -0.3 is 14.8 Å². The molecule has 0 radical (unpaired) electrons. The second-order valence-electron chi connectivity index (χ2n) is 4.88. The normalized spacial score (nSPS) is 29.3. The van der Waals surface area contributed by atoms with Crippen molar-refractivity contribution >= 4 is 0 Å². The molecule has 94 valence electrons. The van der Waals surface area contributed by atoms with E-state index in [1.807, 2.05) is 19.2 Å². The van der Waals surface area contributed by atoms with Gasteiger partial charge in [0, 0.05) is 25.1 Å². The van der Waals surface area contributed by atoms with Gasteiger partial charge in [0.2, 0.25) is 0 Å². The quantitative estimate of drug-likeness (QED) is 0.873. The number of rotatable bonds is 3. The van der Waals surface area contributed by atoms with Gasteiger partial charge in [-0.05, 0) is 27.0 Å². The highest BCUT2D eigenvalue weighted by molar-refractivity contribution is 5.39. The van der Waals surface area contributed by atoms with Crippen molar-refractivity contribution in [1.82, 2.24) is 5.32 Å². The zero-order chi connectivity index (χ0) is 12.5. The minimum atomic E-state index is -0.281. The summed E-state index contributed by atoms with van der Waals surface area (Å²) in [6.07, 6.45) is 0.974. The van der Waals surface area contributed by atoms with Crippen molar-refractivity contribution in [2.24, 2.45) is 0 Å². The highest BCUT2D eigenvalue weighted by Crippen LogP contribution is 2.41. The zero-order valence-corrected chi connectivity index (χ0v) is 11.0. The molecule has 3 atom stereocenters. The first kappa shape index (κ1) is 12.4. The molecule has 3 heteroatoms. The first-order valence-electron chi connectivity index (χ1n) is 6.08. The smallest absolute Gasteiger partial charge is 0.134 e. The Kier molecular flexibility index (Phi) is 3.40. The molecule has 1 aliphatic heterocycles. The number of methoxy groups -OCH3 is 1. The van der Waals surface area contributed by atoms with Crippen molar-refractivity contribution in [2.45, 2.75) is 38.0 Å². The van der Waals surface area contributed by atoms with E-state index in [1.54, 1.807) is 7.11 Å². The van der Waals surface area contributed by atoms with Gasteiger partial charge in [-0.1, -0.05) is 18.2 Å². The zero-order valence-electron chi connectivity index (χ0n) is 11.0. The Morgan fingerprint density at radius 3 is 2.82 bits per heavy atom. The molecule has 0 saturated carbocycles. The fraction of sp³-hybridized carbons (Fsp3) is 0.571. The van der Waals surface area contributed by atoms with E-state index in [0.29, 0.717) is 6.04 Å². The summed E-state index contributed by atoms with van der Waals surface area (Å²) >= 11 is 0. The summed E-state index contributed by atoms with van der Waals surface area (Å²) in [5, 5.41) is 3.36. The van der Waals surface area contributed by atoms with E-state index < -0.39 is 0 Å². The highest BCUT2D eigenvalue weighted by Gasteiger charge is 2.41. The molecule has 1 aliphatic rings. The van der Waals surface area contributed by atoms with E-state index in [9.17, 15) is 0 Å². The van der Waals surface area contributed by atoms with Gasteiger partial charge in [0.05, 0.1) is 6.10 Å². The molecule has 0 aromatic heterocycles. The Bertz CT molecular complexity index is 394. The Labute approximate surface area is 103 Å². The van der Waals surface area contributed by atoms with Crippen LogP contribution < -0.4 is 10.1 Å². The van der Waals surface area contributed by atoms with Crippen molar-refractivity contribution in [3.05, 3.63) is 29.8 Å². The van der Waals surface area contributed by atoms with Crippen molar-refractivity contribution < 1.29 is 9.47 Å². The minimum absolute atomic E-state index is 0.0618. The van der Waals surface area contributed by atoms with Gasteiger partial charge in [-0.2, -0.15) is 0 Å². The van der Waals surface area contributed by atoms with Gasteiger partial charge in [0.1, 0.15) is 11.4 Å². The van der Waals surface area contributed by atoms with Gasteiger partial charge in [-0.25, -0.2) is 0 Å². The lowest BCUT2D eigenvalue weighted by Gasteiger charge is -2.42. The van der Waals surface area contributed by atoms with Crippen LogP contribution in [-0.2, 0) is 4.74 Å². The molecule has 1 aromatic rings. The molecule has 3 nitrogen and oxygen atoms in total. The van der Waals surface area contributed by atoms with Crippen molar-refractivity contribution in [3.8, 4) is 5.75 Å². The number of nitrogens with one attached hydrogen (secondary N) is 1. The summed E-state index contributed by atoms with van der Waals surface area (Å²) in [6, 6.07) is 8.53. The van der Waals surface area contributed by atoms with Gasteiger partial charge >= 0.3 is 0 Å². The SMILES string of the molecule is CNC1CC(C)(C(C)OC)Oc2ccccc21. The highest BCUT2D eigenvalue weighted by atomic mass is 16.5. The van der Waals surface area contributed by atoms with E-state index in [0.717, 1.165) is 12.2 Å². The summed E-state index contributed by atoms with van der Waals surface area (Å²) in [5.74, 6) is 0.963. The Morgan fingerprint density at radius 2 is 2.18 bits per heavy atom. The molecule has 0 amide bonds. The van der Waals surface area contributed by atoms with Crippen LogP contribution in [0.15, 0.2) is 24.3 Å². The lowest BCUT2D eigenvalue weighted by atomic mass is 9.85. The molecule has 2 rings (SSSR count).